The van der Waals surface area contributed by atoms with Crippen molar-refractivity contribution in [2.75, 3.05) is 31.1 Å². The summed E-state index contributed by atoms with van der Waals surface area (Å²) < 4.78 is 15.6. The first-order valence-corrected chi connectivity index (χ1v) is 9.18. The molecule has 2 N–H and O–H groups in total. The molecule has 28 heavy (non-hydrogen) atoms. The normalized spacial score (nSPS) is 14.4. The monoisotopic (exact) mass is 401 g/mol. The lowest BCUT2D eigenvalue weighted by Gasteiger charge is -2.33. The van der Waals surface area contributed by atoms with Gasteiger partial charge in [0.25, 0.3) is 0 Å². The van der Waals surface area contributed by atoms with Crippen LogP contribution in [-0.2, 0) is 0 Å². The molecule has 144 valence electrons. The summed E-state index contributed by atoms with van der Waals surface area (Å²) in [5.41, 5.74) is 0.0139. The molecule has 4 rings (SSSR count). The third-order valence-electron chi connectivity index (χ3n) is 4.82. The second-order valence-corrected chi connectivity index (χ2v) is 6.98. The molecule has 3 aromatic rings. The van der Waals surface area contributed by atoms with Crippen LogP contribution in [0.1, 0.15) is 10.4 Å². The molecule has 0 spiro atoms. The summed E-state index contributed by atoms with van der Waals surface area (Å²) in [6.07, 6.45) is 0. The molecule has 0 atom stereocenters. The van der Waals surface area contributed by atoms with Crippen LogP contribution in [0.15, 0.2) is 47.3 Å². The zero-order valence-electron chi connectivity index (χ0n) is 14.8. The molecule has 1 fully saturated rings. The minimum absolute atomic E-state index is 0.0197. The van der Waals surface area contributed by atoms with Gasteiger partial charge in [0.15, 0.2) is 0 Å². The molecule has 1 aromatic heterocycles. The Morgan fingerprint density at radius 2 is 1.79 bits per heavy atom. The van der Waals surface area contributed by atoms with E-state index in [4.69, 9.17) is 11.6 Å². The van der Waals surface area contributed by atoms with E-state index in [0.29, 0.717) is 48.2 Å². The summed E-state index contributed by atoms with van der Waals surface area (Å²) in [5.74, 6) is -1.65. The molecule has 0 bridgehead atoms. The zero-order valence-corrected chi connectivity index (χ0v) is 15.5. The highest BCUT2D eigenvalue weighted by Crippen LogP contribution is 2.30. The van der Waals surface area contributed by atoms with Crippen molar-refractivity contribution in [3.8, 4) is 5.69 Å². The van der Waals surface area contributed by atoms with Crippen LogP contribution in [0.3, 0.4) is 0 Å². The van der Waals surface area contributed by atoms with Crippen LogP contribution in [-0.4, -0.2) is 41.8 Å². The fraction of sp³-hybridized carbons (Fsp3) is 0.200. The Bertz CT molecular complexity index is 1120. The molecule has 1 aliphatic heterocycles. The van der Waals surface area contributed by atoms with Gasteiger partial charge in [-0.1, -0.05) is 11.6 Å². The molecule has 0 aliphatic carbocycles. The largest absolute Gasteiger partial charge is 0.477 e. The van der Waals surface area contributed by atoms with Gasteiger partial charge < -0.3 is 15.3 Å². The Morgan fingerprint density at radius 3 is 2.43 bits per heavy atom. The standard InChI is InChI=1S/C20H17ClFN3O3/c21-12-1-4-14(5-2-12)25-16-6-3-13(22)11-15(16)18(26)17(20(27)28)19(25)24-9-7-23-8-10-24/h1-6,11,23H,7-10H2,(H,27,28). The minimum Gasteiger partial charge on any atom is -0.477 e. The van der Waals surface area contributed by atoms with Crippen LogP contribution in [0, 0.1) is 5.82 Å². The molecule has 8 heteroatoms. The van der Waals surface area contributed by atoms with Gasteiger partial charge in [0, 0.05) is 42.3 Å². The van der Waals surface area contributed by atoms with Crippen molar-refractivity contribution in [3.05, 3.63) is 69.1 Å². The smallest absolute Gasteiger partial charge is 0.343 e. The van der Waals surface area contributed by atoms with E-state index in [1.54, 1.807) is 28.8 Å². The number of carbonyl (C=O) groups is 1. The van der Waals surface area contributed by atoms with Crippen molar-refractivity contribution in [1.29, 1.82) is 0 Å². The van der Waals surface area contributed by atoms with Gasteiger partial charge in [0.2, 0.25) is 5.43 Å². The molecule has 1 saturated heterocycles. The molecule has 1 aliphatic rings. The molecule has 6 nitrogen and oxygen atoms in total. The summed E-state index contributed by atoms with van der Waals surface area (Å²) in [6, 6.07) is 10.7. The highest BCUT2D eigenvalue weighted by Gasteiger charge is 2.27. The van der Waals surface area contributed by atoms with Crippen molar-refractivity contribution in [3.63, 3.8) is 0 Å². The molecule has 2 heterocycles. The molecular weight excluding hydrogens is 385 g/mol. The molecule has 0 amide bonds. The van der Waals surface area contributed by atoms with Crippen molar-refractivity contribution in [2.24, 2.45) is 0 Å². The Morgan fingerprint density at radius 1 is 1.11 bits per heavy atom. The number of anilines is 1. The van der Waals surface area contributed by atoms with Crippen LogP contribution in [0.5, 0.6) is 0 Å². The van der Waals surface area contributed by atoms with E-state index in [9.17, 15) is 19.1 Å². The molecular formula is C20H17ClFN3O3. The number of hydrogen-bond donors (Lipinski definition) is 2. The van der Waals surface area contributed by atoms with E-state index < -0.39 is 17.2 Å². The number of aromatic carboxylic acids is 1. The topological polar surface area (TPSA) is 74.6 Å². The summed E-state index contributed by atoms with van der Waals surface area (Å²) in [4.78, 5) is 27.0. The predicted octanol–water partition coefficient (Wildman–Crippen LogP) is 2.89. The maximum Gasteiger partial charge on any atom is 0.343 e. The second kappa shape index (κ2) is 7.26. The number of fused-ring (bicyclic) bond motifs is 1. The number of pyridine rings is 1. The Kier molecular flexibility index (Phi) is 4.78. The van der Waals surface area contributed by atoms with Gasteiger partial charge in [-0.25, -0.2) is 9.18 Å². The number of nitrogens with one attached hydrogen (secondary N) is 1. The van der Waals surface area contributed by atoms with Gasteiger partial charge in [-0.3, -0.25) is 9.36 Å². The van der Waals surface area contributed by atoms with Crippen LogP contribution in [0.4, 0.5) is 10.2 Å². The van der Waals surface area contributed by atoms with Gasteiger partial charge in [-0.2, -0.15) is 0 Å². The van der Waals surface area contributed by atoms with Crippen LogP contribution in [0.25, 0.3) is 16.6 Å². The SMILES string of the molecule is O=C(O)c1c(N2CCNCC2)n(-c2ccc(Cl)cc2)c2ccc(F)cc2c1=O. The summed E-state index contributed by atoms with van der Waals surface area (Å²) in [7, 11) is 0. The average molecular weight is 402 g/mol. The highest BCUT2D eigenvalue weighted by molar-refractivity contribution is 6.30. The first-order chi connectivity index (χ1) is 13.5. The van der Waals surface area contributed by atoms with E-state index in [0.717, 1.165) is 6.07 Å². The van der Waals surface area contributed by atoms with Gasteiger partial charge in [0.05, 0.1) is 5.52 Å². The highest BCUT2D eigenvalue weighted by atomic mass is 35.5. The lowest BCUT2D eigenvalue weighted by Crippen LogP contribution is -2.46. The number of benzene rings is 2. The predicted molar refractivity (Wildman–Crippen MR) is 107 cm³/mol. The van der Waals surface area contributed by atoms with E-state index in [1.807, 2.05) is 4.90 Å². The molecule has 2 aromatic carbocycles. The van der Waals surface area contributed by atoms with Crippen molar-refractivity contribution in [2.45, 2.75) is 0 Å². The third kappa shape index (κ3) is 3.12. The average Bonchev–Trinajstić information content (AvgIpc) is 2.69. The van der Waals surface area contributed by atoms with E-state index in [2.05, 4.69) is 5.32 Å². The van der Waals surface area contributed by atoms with E-state index in [1.165, 1.54) is 12.1 Å². The van der Waals surface area contributed by atoms with Gasteiger partial charge in [0.1, 0.15) is 17.2 Å². The lowest BCUT2D eigenvalue weighted by atomic mass is 10.1. The molecule has 0 saturated carbocycles. The Balaban J connectivity index is 2.16. The Labute approximate surface area is 164 Å². The first kappa shape index (κ1) is 18.5. The number of nitrogens with zero attached hydrogens (tertiary/aromatic N) is 2. The number of carboxylic acids is 1. The van der Waals surface area contributed by atoms with Crippen LogP contribution >= 0.6 is 11.6 Å². The lowest BCUT2D eigenvalue weighted by molar-refractivity contribution is 0.0695. The fourth-order valence-corrected chi connectivity index (χ4v) is 3.69. The first-order valence-electron chi connectivity index (χ1n) is 8.80. The number of halogens is 2. The number of hydrogen-bond acceptors (Lipinski definition) is 4. The van der Waals surface area contributed by atoms with Crippen molar-refractivity contribution in [1.82, 2.24) is 9.88 Å². The maximum atomic E-state index is 13.9. The minimum atomic E-state index is -1.34. The summed E-state index contributed by atoms with van der Waals surface area (Å²) in [5, 5.41) is 13.6. The summed E-state index contributed by atoms with van der Waals surface area (Å²) in [6.45, 7) is 2.41. The molecule has 0 unspecified atom stereocenters. The van der Waals surface area contributed by atoms with Crippen molar-refractivity contribution >= 4 is 34.3 Å². The van der Waals surface area contributed by atoms with Gasteiger partial charge >= 0.3 is 5.97 Å². The van der Waals surface area contributed by atoms with Crippen molar-refractivity contribution < 1.29 is 14.3 Å². The fourth-order valence-electron chi connectivity index (χ4n) is 3.57. The summed E-state index contributed by atoms with van der Waals surface area (Å²) >= 11 is 6.01. The number of piperazine rings is 1. The third-order valence-corrected chi connectivity index (χ3v) is 5.07. The number of carboxylic acid groups (broad SMARTS) is 1. The Hall–Kier alpha value is -2.90. The quantitative estimate of drug-likeness (QED) is 0.706. The van der Waals surface area contributed by atoms with Gasteiger partial charge in [-0.15, -0.1) is 0 Å². The van der Waals surface area contributed by atoms with Crippen LogP contribution < -0.4 is 15.6 Å². The second-order valence-electron chi connectivity index (χ2n) is 6.54. The molecule has 0 radical (unpaired) electrons. The zero-order chi connectivity index (χ0) is 19.8. The van der Waals surface area contributed by atoms with Gasteiger partial charge in [-0.05, 0) is 42.5 Å². The van der Waals surface area contributed by atoms with E-state index >= 15 is 0 Å². The van der Waals surface area contributed by atoms with E-state index in [-0.39, 0.29) is 10.9 Å². The van der Waals surface area contributed by atoms with Crippen LogP contribution in [0.2, 0.25) is 5.02 Å². The number of aromatic nitrogens is 1. The number of rotatable bonds is 3. The maximum absolute atomic E-state index is 13.9.